The number of piperidine rings is 1. The lowest BCUT2D eigenvalue weighted by atomic mass is 10.0. The Hall–Kier alpha value is -0.870. The summed E-state index contributed by atoms with van der Waals surface area (Å²) in [6.07, 6.45) is 9.25. The Labute approximate surface area is 97.4 Å². The SMILES string of the molecule is CN1CCCCC1CCn1cnc(CN)c1. The van der Waals surface area contributed by atoms with Crippen molar-refractivity contribution in [3.8, 4) is 0 Å². The number of aromatic nitrogens is 2. The maximum atomic E-state index is 5.54. The molecule has 0 aliphatic carbocycles. The molecule has 1 aromatic heterocycles. The van der Waals surface area contributed by atoms with E-state index in [1.165, 1.54) is 32.2 Å². The number of rotatable bonds is 4. The molecule has 0 aromatic carbocycles. The molecule has 1 atom stereocenters. The van der Waals surface area contributed by atoms with Gasteiger partial charge in [-0.1, -0.05) is 6.42 Å². The van der Waals surface area contributed by atoms with E-state index in [9.17, 15) is 0 Å². The van der Waals surface area contributed by atoms with Crippen LogP contribution < -0.4 is 5.73 Å². The molecule has 2 N–H and O–H groups in total. The third-order valence-electron chi connectivity index (χ3n) is 3.54. The minimum atomic E-state index is 0.538. The van der Waals surface area contributed by atoms with Gasteiger partial charge in [0.05, 0.1) is 12.0 Å². The molecule has 1 aliphatic rings. The summed E-state index contributed by atoms with van der Waals surface area (Å²) in [7, 11) is 2.24. The molecule has 1 aromatic rings. The molecule has 16 heavy (non-hydrogen) atoms. The van der Waals surface area contributed by atoms with Crippen LogP contribution in [0, 0.1) is 0 Å². The van der Waals surface area contributed by atoms with Crippen molar-refractivity contribution < 1.29 is 0 Å². The van der Waals surface area contributed by atoms with E-state index in [1.54, 1.807) is 0 Å². The summed E-state index contributed by atoms with van der Waals surface area (Å²) >= 11 is 0. The first kappa shape index (κ1) is 11.6. The molecular formula is C12H22N4. The predicted octanol–water partition coefficient (Wildman–Crippen LogP) is 1.22. The summed E-state index contributed by atoms with van der Waals surface area (Å²) in [5, 5.41) is 0. The van der Waals surface area contributed by atoms with Crippen LogP contribution in [0.25, 0.3) is 0 Å². The molecule has 90 valence electrons. The van der Waals surface area contributed by atoms with E-state index >= 15 is 0 Å². The van der Waals surface area contributed by atoms with Crippen LogP contribution in [0.15, 0.2) is 12.5 Å². The lowest BCUT2D eigenvalue weighted by Gasteiger charge is -2.32. The number of hydrogen-bond donors (Lipinski definition) is 1. The van der Waals surface area contributed by atoms with E-state index in [2.05, 4.69) is 27.7 Å². The van der Waals surface area contributed by atoms with Crippen molar-refractivity contribution in [2.24, 2.45) is 5.73 Å². The topological polar surface area (TPSA) is 47.1 Å². The second-order valence-corrected chi connectivity index (χ2v) is 4.73. The van der Waals surface area contributed by atoms with E-state index in [0.717, 1.165) is 18.3 Å². The molecule has 1 aliphatic heterocycles. The van der Waals surface area contributed by atoms with E-state index in [1.807, 2.05) is 6.33 Å². The third-order valence-corrected chi connectivity index (χ3v) is 3.54. The van der Waals surface area contributed by atoms with Gasteiger partial charge in [0.25, 0.3) is 0 Å². The van der Waals surface area contributed by atoms with Crippen LogP contribution in [0.2, 0.25) is 0 Å². The van der Waals surface area contributed by atoms with Crippen LogP contribution in [-0.2, 0) is 13.1 Å². The largest absolute Gasteiger partial charge is 0.337 e. The number of nitrogens with zero attached hydrogens (tertiary/aromatic N) is 3. The quantitative estimate of drug-likeness (QED) is 0.833. The van der Waals surface area contributed by atoms with Crippen LogP contribution in [-0.4, -0.2) is 34.1 Å². The maximum Gasteiger partial charge on any atom is 0.0949 e. The minimum absolute atomic E-state index is 0.538. The first-order chi connectivity index (χ1) is 7.79. The molecule has 2 rings (SSSR count). The second kappa shape index (κ2) is 5.46. The smallest absolute Gasteiger partial charge is 0.0949 e. The van der Waals surface area contributed by atoms with Crippen molar-refractivity contribution in [1.82, 2.24) is 14.5 Å². The lowest BCUT2D eigenvalue weighted by Crippen LogP contribution is -2.36. The highest BCUT2D eigenvalue weighted by molar-refractivity contribution is 4.95. The molecule has 0 saturated carbocycles. The number of nitrogens with two attached hydrogens (primary N) is 1. The molecule has 0 amide bonds. The summed E-state index contributed by atoms with van der Waals surface area (Å²) in [5.74, 6) is 0. The second-order valence-electron chi connectivity index (χ2n) is 4.73. The molecule has 1 unspecified atom stereocenters. The molecule has 2 heterocycles. The van der Waals surface area contributed by atoms with Gasteiger partial charge < -0.3 is 15.2 Å². The number of hydrogen-bond acceptors (Lipinski definition) is 3. The van der Waals surface area contributed by atoms with Gasteiger partial charge in [0.15, 0.2) is 0 Å². The fraction of sp³-hybridized carbons (Fsp3) is 0.750. The van der Waals surface area contributed by atoms with Crippen LogP contribution in [0.3, 0.4) is 0 Å². The maximum absolute atomic E-state index is 5.54. The molecule has 0 radical (unpaired) electrons. The summed E-state index contributed by atoms with van der Waals surface area (Å²) in [5.41, 5.74) is 6.52. The van der Waals surface area contributed by atoms with E-state index in [-0.39, 0.29) is 0 Å². The zero-order chi connectivity index (χ0) is 11.4. The molecular weight excluding hydrogens is 200 g/mol. The zero-order valence-corrected chi connectivity index (χ0v) is 10.1. The Bertz CT molecular complexity index is 321. The van der Waals surface area contributed by atoms with Gasteiger partial charge in [0.2, 0.25) is 0 Å². The van der Waals surface area contributed by atoms with Crippen molar-refractivity contribution in [3.63, 3.8) is 0 Å². The number of likely N-dealkylation sites (tertiary alicyclic amines) is 1. The highest BCUT2D eigenvalue weighted by Gasteiger charge is 2.18. The van der Waals surface area contributed by atoms with Gasteiger partial charge in [0.1, 0.15) is 0 Å². The zero-order valence-electron chi connectivity index (χ0n) is 10.1. The third kappa shape index (κ3) is 2.83. The lowest BCUT2D eigenvalue weighted by molar-refractivity contribution is 0.171. The standard InChI is InChI=1S/C12H22N4/c1-15-6-3-2-4-12(15)5-7-16-9-11(8-13)14-10-16/h9-10,12H,2-8,13H2,1H3. The van der Waals surface area contributed by atoms with Gasteiger partial charge >= 0.3 is 0 Å². The van der Waals surface area contributed by atoms with Crippen molar-refractivity contribution >= 4 is 0 Å². The van der Waals surface area contributed by atoms with Crippen molar-refractivity contribution in [2.75, 3.05) is 13.6 Å². The first-order valence-electron chi connectivity index (χ1n) is 6.20. The molecule has 0 bridgehead atoms. The van der Waals surface area contributed by atoms with Gasteiger partial charge in [-0.25, -0.2) is 4.98 Å². The number of imidazole rings is 1. The average Bonchev–Trinajstić information content (AvgIpc) is 2.76. The molecule has 4 nitrogen and oxygen atoms in total. The van der Waals surface area contributed by atoms with Gasteiger partial charge in [-0.3, -0.25) is 0 Å². The van der Waals surface area contributed by atoms with Gasteiger partial charge in [-0.2, -0.15) is 0 Å². The Balaban J connectivity index is 1.81. The Morgan fingerprint density at radius 2 is 2.38 bits per heavy atom. The highest BCUT2D eigenvalue weighted by atomic mass is 15.1. The highest BCUT2D eigenvalue weighted by Crippen LogP contribution is 2.18. The van der Waals surface area contributed by atoms with Crippen LogP contribution in [0.5, 0.6) is 0 Å². The van der Waals surface area contributed by atoms with Gasteiger partial charge in [0, 0.05) is 25.3 Å². The van der Waals surface area contributed by atoms with E-state index in [4.69, 9.17) is 5.73 Å². The van der Waals surface area contributed by atoms with Crippen LogP contribution >= 0.6 is 0 Å². The van der Waals surface area contributed by atoms with Crippen molar-refractivity contribution in [1.29, 1.82) is 0 Å². The van der Waals surface area contributed by atoms with Gasteiger partial charge in [-0.05, 0) is 32.9 Å². The van der Waals surface area contributed by atoms with Crippen molar-refractivity contribution in [3.05, 3.63) is 18.2 Å². The first-order valence-corrected chi connectivity index (χ1v) is 6.20. The Morgan fingerprint density at radius 1 is 1.50 bits per heavy atom. The molecule has 0 spiro atoms. The predicted molar refractivity (Wildman–Crippen MR) is 65.0 cm³/mol. The summed E-state index contributed by atoms with van der Waals surface area (Å²) in [4.78, 5) is 6.73. The Kier molecular flexibility index (Phi) is 3.96. The average molecular weight is 222 g/mol. The van der Waals surface area contributed by atoms with Crippen LogP contribution in [0.4, 0.5) is 0 Å². The fourth-order valence-corrected chi connectivity index (χ4v) is 2.44. The summed E-state index contributed by atoms with van der Waals surface area (Å²) < 4.78 is 2.16. The van der Waals surface area contributed by atoms with Crippen molar-refractivity contribution in [2.45, 2.75) is 44.8 Å². The van der Waals surface area contributed by atoms with E-state index in [0.29, 0.717) is 6.54 Å². The molecule has 1 saturated heterocycles. The summed E-state index contributed by atoms with van der Waals surface area (Å²) in [6, 6.07) is 0.748. The minimum Gasteiger partial charge on any atom is -0.337 e. The summed E-state index contributed by atoms with van der Waals surface area (Å²) in [6.45, 7) is 2.85. The molecule has 1 fully saturated rings. The monoisotopic (exact) mass is 222 g/mol. The number of aryl methyl sites for hydroxylation is 1. The molecule has 4 heteroatoms. The normalized spacial score (nSPS) is 22.5. The van der Waals surface area contributed by atoms with Gasteiger partial charge in [-0.15, -0.1) is 0 Å². The Morgan fingerprint density at radius 3 is 3.06 bits per heavy atom. The van der Waals surface area contributed by atoms with E-state index < -0.39 is 0 Å². The fourth-order valence-electron chi connectivity index (χ4n) is 2.44. The van der Waals surface area contributed by atoms with Crippen LogP contribution in [0.1, 0.15) is 31.4 Å².